The van der Waals surface area contributed by atoms with Crippen LogP contribution in [-0.2, 0) is 17.6 Å². The van der Waals surface area contributed by atoms with Gasteiger partial charge in [0.15, 0.2) is 0 Å². The summed E-state index contributed by atoms with van der Waals surface area (Å²) in [5, 5.41) is 2.91. The van der Waals surface area contributed by atoms with Gasteiger partial charge in [0, 0.05) is 6.54 Å². The van der Waals surface area contributed by atoms with Gasteiger partial charge in [0.1, 0.15) is 0 Å². The fourth-order valence-electron chi connectivity index (χ4n) is 2.29. The molecule has 2 rings (SSSR count). The normalized spacial score (nSPS) is 11.9. The van der Waals surface area contributed by atoms with Gasteiger partial charge in [-0.15, -0.1) is 0 Å². The molecule has 0 aromatic heterocycles. The Balaban J connectivity index is 1.76. The molecule has 3 nitrogen and oxygen atoms in total. The van der Waals surface area contributed by atoms with Crippen molar-refractivity contribution in [3.8, 4) is 0 Å². The largest absolute Gasteiger partial charge is 0.354 e. The van der Waals surface area contributed by atoms with Gasteiger partial charge in [-0.05, 0) is 30.9 Å². The smallest absolute Gasteiger partial charge is 0.237 e. The fraction of sp³-hybridized carbons (Fsp3) is 0.278. The number of benzene rings is 2. The summed E-state index contributed by atoms with van der Waals surface area (Å²) in [5.74, 6) is -0.0912. The monoisotopic (exact) mass is 282 g/mol. The summed E-state index contributed by atoms with van der Waals surface area (Å²) in [5.41, 5.74) is 9.49. The van der Waals surface area contributed by atoms with Crippen LogP contribution in [0.2, 0.25) is 0 Å². The molecule has 21 heavy (non-hydrogen) atoms. The molecule has 3 heteroatoms. The summed E-state index contributed by atoms with van der Waals surface area (Å²) < 4.78 is 0. The first-order chi connectivity index (χ1) is 10.1. The SMILES string of the molecule is Cc1cccc(CCNC(=O)[C@H](N)Cc2ccccc2)c1. The predicted octanol–water partition coefficient (Wildman–Crippen LogP) is 2.22. The maximum absolute atomic E-state index is 12.0. The Bertz CT molecular complexity index is 581. The zero-order valence-corrected chi connectivity index (χ0v) is 12.4. The molecular weight excluding hydrogens is 260 g/mol. The molecule has 1 atom stereocenters. The number of nitrogens with two attached hydrogens (primary N) is 1. The Morgan fingerprint density at radius 3 is 2.52 bits per heavy atom. The molecule has 2 aromatic rings. The van der Waals surface area contributed by atoms with Crippen molar-refractivity contribution in [2.45, 2.75) is 25.8 Å². The highest BCUT2D eigenvalue weighted by Gasteiger charge is 2.13. The van der Waals surface area contributed by atoms with Crippen molar-refractivity contribution < 1.29 is 4.79 Å². The van der Waals surface area contributed by atoms with E-state index in [1.165, 1.54) is 11.1 Å². The Morgan fingerprint density at radius 2 is 1.81 bits per heavy atom. The molecule has 0 saturated heterocycles. The second kappa shape index (κ2) is 7.60. The second-order valence-corrected chi connectivity index (χ2v) is 5.33. The first-order valence-electron chi connectivity index (χ1n) is 7.28. The molecule has 0 unspecified atom stereocenters. The van der Waals surface area contributed by atoms with Crippen molar-refractivity contribution in [2.24, 2.45) is 5.73 Å². The first kappa shape index (κ1) is 15.3. The molecule has 3 N–H and O–H groups in total. The fourth-order valence-corrected chi connectivity index (χ4v) is 2.29. The van der Waals surface area contributed by atoms with Gasteiger partial charge < -0.3 is 11.1 Å². The van der Waals surface area contributed by atoms with Crippen molar-refractivity contribution in [3.05, 3.63) is 71.3 Å². The van der Waals surface area contributed by atoms with Gasteiger partial charge in [-0.2, -0.15) is 0 Å². The third-order valence-electron chi connectivity index (χ3n) is 3.43. The summed E-state index contributed by atoms with van der Waals surface area (Å²) in [4.78, 5) is 12.0. The van der Waals surface area contributed by atoms with Crippen LogP contribution in [0.15, 0.2) is 54.6 Å². The maximum Gasteiger partial charge on any atom is 0.237 e. The van der Waals surface area contributed by atoms with E-state index < -0.39 is 6.04 Å². The van der Waals surface area contributed by atoms with E-state index in [9.17, 15) is 4.79 Å². The molecule has 0 heterocycles. The quantitative estimate of drug-likeness (QED) is 0.853. The number of carbonyl (C=O) groups is 1. The van der Waals surface area contributed by atoms with Gasteiger partial charge in [0.05, 0.1) is 6.04 Å². The molecule has 2 aromatic carbocycles. The summed E-state index contributed by atoms with van der Waals surface area (Å²) >= 11 is 0. The third kappa shape index (κ3) is 5.04. The van der Waals surface area contributed by atoms with Crippen LogP contribution in [-0.4, -0.2) is 18.5 Å². The number of rotatable bonds is 6. The van der Waals surface area contributed by atoms with Crippen LogP contribution in [0.1, 0.15) is 16.7 Å². The summed E-state index contributed by atoms with van der Waals surface area (Å²) in [6.07, 6.45) is 1.39. The highest BCUT2D eigenvalue weighted by atomic mass is 16.2. The van der Waals surface area contributed by atoms with Crippen LogP contribution < -0.4 is 11.1 Å². The maximum atomic E-state index is 12.0. The van der Waals surface area contributed by atoms with Crippen molar-refractivity contribution in [3.63, 3.8) is 0 Å². The van der Waals surface area contributed by atoms with Crippen LogP contribution in [0.5, 0.6) is 0 Å². The van der Waals surface area contributed by atoms with E-state index in [1.54, 1.807) is 0 Å². The number of hydrogen-bond donors (Lipinski definition) is 2. The molecule has 0 aliphatic heterocycles. The van der Waals surface area contributed by atoms with Crippen molar-refractivity contribution in [2.75, 3.05) is 6.54 Å². The Labute approximate surface area is 126 Å². The molecule has 110 valence electrons. The van der Waals surface area contributed by atoms with E-state index in [0.29, 0.717) is 13.0 Å². The van der Waals surface area contributed by atoms with E-state index in [1.807, 2.05) is 36.4 Å². The highest BCUT2D eigenvalue weighted by Crippen LogP contribution is 2.04. The molecule has 0 aliphatic rings. The van der Waals surface area contributed by atoms with E-state index in [0.717, 1.165) is 12.0 Å². The lowest BCUT2D eigenvalue weighted by molar-refractivity contribution is -0.122. The molecule has 0 aliphatic carbocycles. The van der Waals surface area contributed by atoms with Crippen LogP contribution in [0, 0.1) is 6.92 Å². The van der Waals surface area contributed by atoms with E-state index >= 15 is 0 Å². The lowest BCUT2D eigenvalue weighted by atomic mass is 10.1. The molecule has 0 fully saturated rings. The average Bonchev–Trinajstić information content (AvgIpc) is 2.48. The molecule has 0 bridgehead atoms. The number of hydrogen-bond acceptors (Lipinski definition) is 2. The van der Waals surface area contributed by atoms with Gasteiger partial charge in [-0.3, -0.25) is 4.79 Å². The van der Waals surface area contributed by atoms with Gasteiger partial charge >= 0.3 is 0 Å². The lowest BCUT2D eigenvalue weighted by Gasteiger charge is -2.12. The van der Waals surface area contributed by atoms with E-state index in [2.05, 4.69) is 30.4 Å². The van der Waals surface area contributed by atoms with Crippen molar-refractivity contribution in [1.82, 2.24) is 5.32 Å². The Hall–Kier alpha value is -2.13. The minimum atomic E-state index is -0.495. The molecular formula is C18H22N2O. The van der Waals surface area contributed by atoms with Gasteiger partial charge in [0.2, 0.25) is 5.91 Å². The molecule has 0 radical (unpaired) electrons. The minimum absolute atomic E-state index is 0.0912. The van der Waals surface area contributed by atoms with Gasteiger partial charge in [-0.1, -0.05) is 60.2 Å². The van der Waals surface area contributed by atoms with Crippen molar-refractivity contribution in [1.29, 1.82) is 0 Å². The van der Waals surface area contributed by atoms with Crippen LogP contribution >= 0.6 is 0 Å². The van der Waals surface area contributed by atoms with E-state index in [4.69, 9.17) is 5.73 Å². The second-order valence-electron chi connectivity index (χ2n) is 5.33. The average molecular weight is 282 g/mol. The standard InChI is InChI=1S/C18H22N2O/c1-14-6-5-9-16(12-14)10-11-20-18(21)17(19)13-15-7-3-2-4-8-15/h2-9,12,17H,10-11,13,19H2,1H3,(H,20,21)/t17-/m1/s1. The van der Waals surface area contributed by atoms with Crippen molar-refractivity contribution >= 4 is 5.91 Å². The first-order valence-corrected chi connectivity index (χ1v) is 7.28. The molecule has 1 amide bonds. The summed E-state index contributed by atoms with van der Waals surface area (Å²) in [6, 6.07) is 17.7. The van der Waals surface area contributed by atoms with E-state index in [-0.39, 0.29) is 5.91 Å². The van der Waals surface area contributed by atoms with Crippen LogP contribution in [0.3, 0.4) is 0 Å². The Kier molecular flexibility index (Phi) is 5.52. The Morgan fingerprint density at radius 1 is 1.10 bits per heavy atom. The predicted molar refractivity (Wildman–Crippen MR) is 86.0 cm³/mol. The number of amides is 1. The van der Waals surface area contributed by atoms with Crippen LogP contribution in [0.4, 0.5) is 0 Å². The minimum Gasteiger partial charge on any atom is -0.354 e. The highest BCUT2D eigenvalue weighted by molar-refractivity contribution is 5.81. The van der Waals surface area contributed by atoms with Gasteiger partial charge in [-0.25, -0.2) is 0 Å². The number of nitrogens with one attached hydrogen (secondary N) is 1. The number of carbonyl (C=O) groups excluding carboxylic acids is 1. The molecule has 0 saturated carbocycles. The van der Waals surface area contributed by atoms with Gasteiger partial charge in [0.25, 0.3) is 0 Å². The zero-order chi connectivity index (χ0) is 15.1. The molecule has 0 spiro atoms. The lowest BCUT2D eigenvalue weighted by Crippen LogP contribution is -2.42. The topological polar surface area (TPSA) is 55.1 Å². The zero-order valence-electron chi connectivity index (χ0n) is 12.4. The summed E-state index contributed by atoms with van der Waals surface area (Å²) in [6.45, 7) is 2.68. The number of aryl methyl sites for hydroxylation is 1. The third-order valence-corrected chi connectivity index (χ3v) is 3.43. The summed E-state index contributed by atoms with van der Waals surface area (Å²) in [7, 11) is 0. The van der Waals surface area contributed by atoms with Crippen LogP contribution in [0.25, 0.3) is 0 Å².